The monoisotopic (exact) mass is 195 g/mol. The van der Waals surface area contributed by atoms with Gasteiger partial charge in [0.15, 0.2) is 0 Å². The zero-order valence-electron chi connectivity index (χ0n) is 7.82. The molecule has 0 saturated heterocycles. The van der Waals surface area contributed by atoms with Crippen LogP contribution < -0.4 is 5.32 Å². The first-order valence-corrected chi connectivity index (χ1v) is 4.72. The molecule has 1 atom stereocenters. The minimum absolute atomic E-state index is 0.225. The predicted molar refractivity (Wildman–Crippen MR) is 45.4 cm³/mol. The van der Waals surface area contributed by atoms with Gasteiger partial charge in [0.2, 0.25) is 0 Å². The van der Waals surface area contributed by atoms with E-state index in [-0.39, 0.29) is 5.92 Å². The molecule has 1 nitrogen and oxygen atoms in total. The van der Waals surface area contributed by atoms with E-state index in [1.807, 2.05) is 0 Å². The van der Waals surface area contributed by atoms with Crippen molar-refractivity contribution in [1.82, 2.24) is 5.32 Å². The van der Waals surface area contributed by atoms with E-state index in [9.17, 15) is 13.2 Å². The summed E-state index contributed by atoms with van der Waals surface area (Å²) < 4.78 is 36.2. The molecule has 1 rings (SSSR count). The molecule has 1 unspecified atom stereocenters. The Morgan fingerprint density at radius 2 is 2.00 bits per heavy atom. The van der Waals surface area contributed by atoms with Gasteiger partial charge in [-0.05, 0) is 31.8 Å². The van der Waals surface area contributed by atoms with E-state index in [2.05, 4.69) is 5.32 Å². The zero-order valence-corrected chi connectivity index (χ0v) is 7.82. The maximum absolute atomic E-state index is 12.1. The maximum atomic E-state index is 12.1. The van der Waals surface area contributed by atoms with E-state index in [4.69, 9.17) is 0 Å². The molecular formula is C9H16F3N. The Kier molecular flexibility index (Phi) is 3.59. The number of rotatable bonds is 5. The molecule has 1 fully saturated rings. The van der Waals surface area contributed by atoms with Crippen LogP contribution in [0.4, 0.5) is 13.2 Å². The fourth-order valence-corrected chi connectivity index (χ4v) is 1.68. The molecule has 0 amide bonds. The number of hydrogen-bond acceptors (Lipinski definition) is 1. The summed E-state index contributed by atoms with van der Waals surface area (Å²) in [7, 11) is 1.70. The van der Waals surface area contributed by atoms with Crippen molar-refractivity contribution in [3.05, 3.63) is 0 Å². The van der Waals surface area contributed by atoms with Crippen LogP contribution in [0, 0.1) is 11.8 Å². The molecule has 1 saturated carbocycles. The Labute approximate surface area is 76.7 Å². The van der Waals surface area contributed by atoms with Gasteiger partial charge in [-0.1, -0.05) is 12.8 Å². The van der Waals surface area contributed by atoms with Crippen molar-refractivity contribution in [3.8, 4) is 0 Å². The van der Waals surface area contributed by atoms with Crippen molar-refractivity contribution in [3.63, 3.8) is 0 Å². The lowest BCUT2D eigenvalue weighted by Gasteiger charge is -2.17. The molecular weight excluding hydrogens is 179 g/mol. The average Bonchev–Trinajstić information content (AvgIpc) is 2.68. The lowest BCUT2D eigenvalue weighted by Crippen LogP contribution is -2.25. The molecule has 0 spiro atoms. The normalized spacial score (nSPS) is 20.3. The van der Waals surface area contributed by atoms with Crippen LogP contribution in [0.1, 0.15) is 25.7 Å². The van der Waals surface area contributed by atoms with Gasteiger partial charge in [0, 0.05) is 6.42 Å². The van der Waals surface area contributed by atoms with Gasteiger partial charge in [-0.25, -0.2) is 0 Å². The minimum atomic E-state index is -4.00. The van der Waals surface area contributed by atoms with Gasteiger partial charge in [-0.3, -0.25) is 0 Å². The first-order valence-electron chi connectivity index (χ1n) is 4.72. The summed E-state index contributed by atoms with van der Waals surface area (Å²) in [6.45, 7) is 0.482. The molecule has 0 bridgehead atoms. The van der Waals surface area contributed by atoms with Gasteiger partial charge in [0.05, 0.1) is 0 Å². The smallest absolute Gasteiger partial charge is 0.319 e. The molecule has 4 heteroatoms. The Balaban J connectivity index is 2.27. The predicted octanol–water partition coefficient (Wildman–Crippen LogP) is 2.57. The summed E-state index contributed by atoms with van der Waals surface area (Å²) in [4.78, 5) is 0. The lowest BCUT2D eigenvalue weighted by molar-refractivity contribution is -0.144. The Bertz CT molecular complexity index is 151. The number of halogens is 3. The summed E-state index contributed by atoms with van der Waals surface area (Å²) in [6, 6.07) is 0. The molecule has 0 aliphatic heterocycles. The molecule has 0 aromatic heterocycles. The van der Waals surface area contributed by atoms with Gasteiger partial charge in [-0.2, -0.15) is 13.2 Å². The third-order valence-electron chi connectivity index (χ3n) is 2.38. The van der Waals surface area contributed by atoms with Crippen LogP contribution >= 0.6 is 0 Å². The largest absolute Gasteiger partial charge is 0.389 e. The van der Waals surface area contributed by atoms with E-state index >= 15 is 0 Å². The standard InChI is InChI=1S/C9H16F3N/c1-13-6-8(4-7-2-3-7)5-9(10,11)12/h7-8,13H,2-6H2,1H3. The number of alkyl halides is 3. The molecule has 1 aliphatic rings. The van der Waals surface area contributed by atoms with Crippen molar-refractivity contribution in [2.75, 3.05) is 13.6 Å². The van der Waals surface area contributed by atoms with Gasteiger partial charge < -0.3 is 5.32 Å². The highest BCUT2D eigenvalue weighted by Crippen LogP contribution is 2.38. The van der Waals surface area contributed by atoms with Gasteiger partial charge in [0.1, 0.15) is 0 Å². The van der Waals surface area contributed by atoms with E-state index in [0.29, 0.717) is 12.5 Å². The molecule has 1 N–H and O–H groups in total. The van der Waals surface area contributed by atoms with Crippen molar-refractivity contribution in [1.29, 1.82) is 0 Å². The second-order valence-corrected chi connectivity index (χ2v) is 3.92. The van der Waals surface area contributed by atoms with Crippen LogP contribution in [-0.2, 0) is 0 Å². The molecule has 0 aromatic rings. The summed E-state index contributed by atoms with van der Waals surface area (Å²) >= 11 is 0. The van der Waals surface area contributed by atoms with E-state index in [1.54, 1.807) is 7.05 Å². The fraction of sp³-hybridized carbons (Fsp3) is 1.00. The molecule has 0 radical (unpaired) electrons. The van der Waals surface area contributed by atoms with Crippen molar-refractivity contribution < 1.29 is 13.2 Å². The van der Waals surface area contributed by atoms with Gasteiger partial charge in [0.25, 0.3) is 0 Å². The van der Waals surface area contributed by atoms with Crippen molar-refractivity contribution in [2.45, 2.75) is 31.9 Å². The van der Waals surface area contributed by atoms with Crippen molar-refractivity contribution >= 4 is 0 Å². The summed E-state index contributed by atoms with van der Waals surface area (Å²) in [5.41, 5.74) is 0. The Morgan fingerprint density at radius 3 is 2.38 bits per heavy atom. The number of nitrogens with one attached hydrogen (secondary N) is 1. The average molecular weight is 195 g/mol. The molecule has 0 aromatic carbocycles. The van der Waals surface area contributed by atoms with Crippen LogP contribution in [-0.4, -0.2) is 19.8 Å². The summed E-state index contributed by atoms with van der Waals surface area (Å²) in [6.07, 6.45) is -1.66. The van der Waals surface area contributed by atoms with Gasteiger partial charge in [-0.15, -0.1) is 0 Å². The summed E-state index contributed by atoms with van der Waals surface area (Å²) in [5, 5.41) is 2.82. The zero-order chi connectivity index (χ0) is 9.90. The molecule has 78 valence electrons. The highest BCUT2D eigenvalue weighted by molar-refractivity contribution is 4.78. The molecule has 0 heterocycles. The van der Waals surface area contributed by atoms with E-state index in [1.165, 1.54) is 0 Å². The van der Waals surface area contributed by atoms with E-state index < -0.39 is 12.6 Å². The third-order valence-corrected chi connectivity index (χ3v) is 2.38. The fourth-order valence-electron chi connectivity index (χ4n) is 1.68. The van der Waals surface area contributed by atoms with Gasteiger partial charge >= 0.3 is 6.18 Å². The number of hydrogen-bond donors (Lipinski definition) is 1. The molecule has 13 heavy (non-hydrogen) atoms. The second kappa shape index (κ2) is 4.31. The van der Waals surface area contributed by atoms with Crippen LogP contribution in [0.15, 0.2) is 0 Å². The maximum Gasteiger partial charge on any atom is 0.389 e. The molecule has 1 aliphatic carbocycles. The lowest BCUT2D eigenvalue weighted by atomic mass is 9.98. The second-order valence-electron chi connectivity index (χ2n) is 3.92. The Morgan fingerprint density at radius 1 is 1.38 bits per heavy atom. The van der Waals surface area contributed by atoms with Crippen molar-refractivity contribution in [2.24, 2.45) is 11.8 Å². The highest BCUT2D eigenvalue weighted by Gasteiger charge is 2.34. The third kappa shape index (κ3) is 5.13. The first kappa shape index (κ1) is 10.8. The highest BCUT2D eigenvalue weighted by atomic mass is 19.4. The SMILES string of the molecule is CNCC(CC1CC1)CC(F)(F)F. The quantitative estimate of drug-likeness (QED) is 0.711. The van der Waals surface area contributed by atoms with Crippen LogP contribution in [0.2, 0.25) is 0 Å². The van der Waals surface area contributed by atoms with Crippen LogP contribution in [0.25, 0.3) is 0 Å². The van der Waals surface area contributed by atoms with Crippen LogP contribution in [0.5, 0.6) is 0 Å². The Hall–Kier alpha value is -0.250. The minimum Gasteiger partial charge on any atom is -0.319 e. The van der Waals surface area contributed by atoms with Crippen LogP contribution in [0.3, 0.4) is 0 Å². The summed E-state index contributed by atoms with van der Waals surface area (Å²) in [5.74, 6) is 0.346. The van der Waals surface area contributed by atoms with E-state index in [0.717, 1.165) is 19.3 Å². The topological polar surface area (TPSA) is 12.0 Å². The first-order chi connectivity index (χ1) is 6.01.